The molecular formula is C11H22N2O. The molecule has 3 heteroatoms. The van der Waals surface area contributed by atoms with Crippen LogP contribution in [0.15, 0.2) is 0 Å². The highest BCUT2D eigenvalue weighted by molar-refractivity contribution is 4.99. The molecule has 0 aromatic carbocycles. The first-order valence-corrected chi connectivity index (χ1v) is 5.77. The average molecular weight is 198 g/mol. The normalized spacial score (nSPS) is 28.7. The standard InChI is InChI=1S/C11H22N2O/c1-10(8-11(12)2-3-11)9-13-4-6-14-7-5-13/h10H,2-9,12H2,1H3. The largest absolute Gasteiger partial charge is 0.379 e. The third-order valence-corrected chi connectivity index (χ3v) is 3.32. The minimum atomic E-state index is 0.214. The summed E-state index contributed by atoms with van der Waals surface area (Å²) in [4.78, 5) is 2.50. The van der Waals surface area contributed by atoms with Gasteiger partial charge in [0.25, 0.3) is 0 Å². The lowest BCUT2D eigenvalue weighted by Crippen LogP contribution is -2.40. The van der Waals surface area contributed by atoms with Crippen LogP contribution in [-0.2, 0) is 4.74 Å². The Morgan fingerprint density at radius 2 is 2.00 bits per heavy atom. The van der Waals surface area contributed by atoms with Gasteiger partial charge in [-0.1, -0.05) is 6.92 Å². The molecule has 1 aliphatic carbocycles. The maximum atomic E-state index is 6.11. The van der Waals surface area contributed by atoms with Crippen LogP contribution < -0.4 is 5.73 Å². The van der Waals surface area contributed by atoms with Crippen LogP contribution in [0.1, 0.15) is 26.2 Å². The molecule has 3 nitrogen and oxygen atoms in total. The molecule has 2 aliphatic rings. The van der Waals surface area contributed by atoms with E-state index in [0.29, 0.717) is 0 Å². The smallest absolute Gasteiger partial charge is 0.0594 e. The highest BCUT2D eigenvalue weighted by atomic mass is 16.5. The van der Waals surface area contributed by atoms with E-state index >= 15 is 0 Å². The number of rotatable bonds is 4. The van der Waals surface area contributed by atoms with Gasteiger partial charge in [0.1, 0.15) is 0 Å². The summed E-state index contributed by atoms with van der Waals surface area (Å²) in [5, 5.41) is 0. The first-order valence-electron chi connectivity index (χ1n) is 5.77. The van der Waals surface area contributed by atoms with Gasteiger partial charge < -0.3 is 10.5 Å². The number of hydrogen-bond acceptors (Lipinski definition) is 3. The molecule has 1 atom stereocenters. The summed E-state index contributed by atoms with van der Waals surface area (Å²) < 4.78 is 5.33. The fraction of sp³-hybridized carbons (Fsp3) is 1.00. The molecule has 1 heterocycles. The first kappa shape index (κ1) is 10.4. The molecule has 0 aromatic rings. The van der Waals surface area contributed by atoms with Crippen molar-refractivity contribution in [2.24, 2.45) is 11.7 Å². The predicted molar refractivity (Wildman–Crippen MR) is 57.2 cm³/mol. The van der Waals surface area contributed by atoms with E-state index in [-0.39, 0.29) is 5.54 Å². The van der Waals surface area contributed by atoms with Gasteiger partial charge in [-0.15, -0.1) is 0 Å². The minimum Gasteiger partial charge on any atom is -0.379 e. The molecule has 1 aliphatic heterocycles. The Morgan fingerprint density at radius 1 is 1.36 bits per heavy atom. The zero-order chi connectivity index (χ0) is 10.0. The van der Waals surface area contributed by atoms with Gasteiger partial charge in [0.15, 0.2) is 0 Å². The molecule has 0 bridgehead atoms. The van der Waals surface area contributed by atoms with E-state index in [1.54, 1.807) is 0 Å². The highest BCUT2D eigenvalue weighted by Crippen LogP contribution is 2.38. The summed E-state index contributed by atoms with van der Waals surface area (Å²) in [6, 6.07) is 0. The summed E-state index contributed by atoms with van der Waals surface area (Å²) in [6.45, 7) is 7.52. The van der Waals surface area contributed by atoms with Crippen molar-refractivity contribution in [3.05, 3.63) is 0 Å². The van der Waals surface area contributed by atoms with Crippen molar-refractivity contribution in [2.75, 3.05) is 32.8 Å². The molecule has 0 radical (unpaired) electrons. The summed E-state index contributed by atoms with van der Waals surface area (Å²) in [5.74, 6) is 0.737. The Bertz CT molecular complexity index is 186. The van der Waals surface area contributed by atoms with Gasteiger partial charge in [-0.3, -0.25) is 4.90 Å². The molecule has 2 fully saturated rings. The monoisotopic (exact) mass is 198 g/mol. The van der Waals surface area contributed by atoms with E-state index in [2.05, 4.69) is 11.8 Å². The van der Waals surface area contributed by atoms with Gasteiger partial charge >= 0.3 is 0 Å². The van der Waals surface area contributed by atoms with Crippen LogP contribution in [0, 0.1) is 5.92 Å². The fourth-order valence-corrected chi connectivity index (χ4v) is 2.35. The van der Waals surface area contributed by atoms with Crippen LogP contribution in [0.4, 0.5) is 0 Å². The van der Waals surface area contributed by atoms with Gasteiger partial charge in [-0.25, -0.2) is 0 Å². The van der Waals surface area contributed by atoms with E-state index in [1.165, 1.54) is 25.8 Å². The molecule has 1 unspecified atom stereocenters. The van der Waals surface area contributed by atoms with Gasteiger partial charge in [-0.05, 0) is 25.2 Å². The van der Waals surface area contributed by atoms with Crippen LogP contribution in [0.25, 0.3) is 0 Å². The molecule has 1 saturated heterocycles. The van der Waals surface area contributed by atoms with E-state index in [4.69, 9.17) is 10.5 Å². The second-order valence-corrected chi connectivity index (χ2v) is 5.08. The molecular weight excluding hydrogens is 176 g/mol. The van der Waals surface area contributed by atoms with Gasteiger partial charge in [0.05, 0.1) is 13.2 Å². The minimum absolute atomic E-state index is 0.214. The first-order chi connectivity index (χ1) is 6.68. The molecule has 82 valence electrons. The van der Waals surface area contributed by atoms with Gasteiger partial charge in [0.2, 0.25) is 0 Å². The van der Waals surface area contributed by atoms with Crippen LogP contribution in [-0.4, -0.2) is 43.3 Å². The summed E-state index contributed by atoms with van der Waals surface area (Å²) in [7, 11) is 0. The molecule has 0 amide bonds. The van der Waals surface area contributed by atoms with E-state index < -0.39 is 0 Å². The molecule has 2 rings (SSSR count). The van der Waals surface area contributed by atoms with E-state index in [1.807, 2.05) is 0 Å². The second-order valence-electron chi connectivity index (χ2n) is 5.08. The Morgan fingerprint density at radius 3 is 2.57 bits per heavy atom. The SMILES string of the molecule is CC(CN1CCOCC1)CC1(N)CC1. The zero-order valence-corrected chi connectivity index (χ0v) is 9.17. The lowest BCUT2D eigenvalue weighted by atomic mass is 10.00. The Hall–Kier alpha value is -0.120. The fourth-order valence-electron chi connectivity index (χ4n) is 2.35. The highest BCUT2D eigenvalue weighted by Gasteiger charge is 2.39. The van der Waals surface area contributed by atoms with E-state index in [9.17, 15) is 0 Å². The number of morpholine rings is 1. The lowest BCUT2D eigenvalue weighted by Gasteiger charge is -2.30. The molecule has 1 saturated carbocycles. The van der Waals surface area contributed by atoms with Crippen molar-refractivity contribution in [1.29, 1.82) is 0 Å². The predicted octanol–water partition coefficient (Wildman–Crippen LogP) is 0.836. The molecule has 2 N–H and O–H groups in total. The number of nitrogens with two attached hydrogens (primary N) is 1. The summed E-state index contributed by atoms with van der Waals surface area (Å²) >= 11 is 0. The molecule has 0 spiro atoms. The van der Waals surface area contributed by atoms with Crippen LogP contribution >= 0.6 is 0 Å². The topological polar surface area (TPSA) is 38.5 Å². The Kier molecular flexibility index (Phi) is 3.10. The maximum Gasteiger partial charge on any atom is 0.0594 e. The van der Waals surface area contributed by atoms with Gasteiger partial charge in [-0.2, -0.15) is 0 Å². The average Bonchev–Trinajstić information content (AvgIpc) is 2.84. The zero-order valence-electron chi connectivity index (χ0n) is 9.17. The Labute approximate surface area is 86.6 Å². The van der Waals surface area contributed by atoms with Gasteiger partial charge in [0, 0.05) is 25.2 Å². The van der Waals surface area contributed by atoms with Crippen molar-refractivity contribution >= 4 is 0 Å². The Balaban J connectivity index is 1.67. The number of hydrogen-bond donors (Lipinski definition) is 1. The molecule has 0 aromatic heterocycles. The molecule has 14 heavy (non-hydrogen) atoms. The van der Waals surface area contributed by atoms with Crippen LogP contribution in [0.3, 0.4) is 0 Å². The third-order valence-electron chi connectivity index (χ3n) is 3.32. The number of ether oxygens (including phenoxy) is 1. The van der Waals surface area contributed by atoms with Crippen molar-refractivity contribution in [2.45, 2.75) is 31.7 Å². The number of nitrogens with zero attached hydrogens (tertiary/aromatic N) is 1. The maximum absolute atomic E-state index is 6.11. The third kappa shape index (κ3) is 2.94. The van der Waals surface area contributed by atoms with E-state index in [0.717, 1.165) is 32.2 Å². The van der Waals surface area contributed by atoms with Crippen molar-refractivity contribution in [3.63, 3.8) is 0 Å². The summed E-state index contributed by atoms with van der Waals surface area (Å²) in [5.41, 5.74) is 6.32. The van der Waals surface area contributed by atoms with Crippen molar-refractivity contribution in [3.8, 4) is 0 Å². The quantitative estimate of drug-likeness (QED) is 0.727. The van der Waals surface area contributed by atoms with Crippen LogP contribution in [0.5, 0.6) is 0 Å². The summed E-state index contributed by atoms with van der Waals surface area (Å²) in [6.07, 6.45) is 3.67. The van der Waals surface area contributed by atoms with Crippen molar-refractivity contribution < 1.29 is 4.74 Å². The van der Waals surface area contributed by atoms with Crippen LogP contribution in [0.2, 0.25) is 0 Å². The second kappa shape index (κ2) is 4.17. The van der Waals surface area contributed by atoms with Crippen molar-refractivity contribution in [1.82, 2.24) is 4.90 Å². The lowest BCUT2D eigenvalue weighted by molar-refractivity contribution is 0.0307.